The molecule has 8 nitrogen and oxygen atoms in total. The Kier molecular flexibility index (Phi) is 7.91. The molecule has 3 heterocycles. The van der Waals surface area contributed by atoms with Gasteiger partial charge in [0.15, 0.2) is 11.5 Å². The maximum atomic E-state index is 13.7. The second kappa shape index (κ2) is 11.7. The first-order valence-corrected chi connectivity index (χ1v) is 13.3. The first kappa shape index (κ1) is 25.1. The number of ether oxygens (including phenoxy) is 3. The third kappa shape index (κ3) is 6.61. The Balaban J connectivity index is 1.33. The van der Waals surface area contributed by atoms with Crippen LogP contribution >= 0.6 is 11.3 Å². The molecule has 2 aliphatic heterocycles. The van der Waals surface area contributed by atoms with Gasteiger partial charge in [0.25, 0.3) is 0 Å². The molecule has 5 rings (SSSR count). The van der Waals surface area contributed by atoms with Gasteiger partial charge in [0.05, 0.1) is 12.6 Å². The number of anilines is 1. The standard InChI is InChI=1S/C28H31N3O5S/c1-20-6-9-22(10-7-20)29-28(33)31(16-23-4-2-12-34-23)18-27(32)30(17-24-5-3-13-37-24)15-21-8-11-25-26(14-21)36-19-35-25/h3,5-11,13-14,23H,2,4,12,15-19H2,1H3,(H,29,33)/t23-/m1/s1. The van der Waals surface area contributed by atoms with Gasteiger partial charge in [-0.3, -0.25) is 4.79 Å². The Hall–Kier alpha value is -3.56. The first-order valence-electron chi connectivity index (χ1n) is 12.5. The van der Waals surface area contributed by atoms with Gasteiger partial charge in [0, 0.05) is 30.3 Å². The van der Waals surface area contributed by atoms with Crippen LogP contribution in [-0.4, -0.2) is 54.3 Å². The molecule has 194 valence electrons. The summed E-state index contributed by atoms with van der Waals surface area (Å²) >= 11 is 1.60. The first-order chi connectivity index (χ1) is 18.0. The van der Waals surface area contributed by atoms with Gasteiger partial charge in [-0.1, -0.05) is 29.8 Å². The SMILES string of the molecule is Cc1ccc(NC(=O)N(CC(=O)N(Cc2ccc3c(c2)OCO3)Cc2cccs2)C[C@H]2CCCO2)cc1. The van der Waals surface area contributed by atoms with Crippen molar-refractivity contribution in [3.63, 3.8) is 0 Å². The van der Waals surface area contributed by atoms with E-state index in [0.29, 0.717) is 43.4 Å². The van der Waals surface area contributed by atoms with Crippen molar-refractivity contribution in [2.75, 3.05) is 31.8 Å². The van der Waals surface area contributed by atoms with E-state index >= 15 is 0 Å². The number of aryl methyl sites for hydroxylation is 1. The van der Waals surface area contributed by atoms with Crippen LogP contribution in [0.4, 0.5) is 10.5 Å². The molecule has 3 aromatic rings. The summed E-state index contributed by atoms with van der Waals surface area (Å²) in [6.45, 7) is 4.04. The third-order valence-electron chi connectivity index (χ3n) is 6.45. The van der Waals surface area contributed by atoms with Crippen LogP contribution in [-0.2, 0) is 22.6 Å². The van der Waals surface area contributed by atoms with Gasteiger partial charge < -0.3 is 29.3 Å². The van der Waals surface area contributed by atoms with Crippen LogP contribution in [0.3, 0.4) is 0 Å². The summed E-state index contributed by atoms with van der Waals surface area (Å²) < 4.78 is 16.7. The molecule has 0 bridgehead atoms. The number of hydrogen-bond donors (Lipinski definition) is 1. The van der Waals surface area contributed by atoms with Crippen molar-refractivity contribution >= 4 is 29.0 Å². The topological polar surface area (TPSA) is 80.3 Å². The van der Waals surface area contributed by atoms with E-state index in [1.165, 1.54) is 0 Å². The van der Waals surface area contributed by atoms with Crippen molar-refractivity contribution in [2.24, 2.45) is 0 Å². The molecule has 1 atom stereocenters. The number of thiophene rings is 1. The average molecular weight is 522 g/mol. The summed E-state index contributed by atoms with van der Waals surface area (Å²) in [5.74, 6) is 1.25. The van der Waals surface area contributed by atoms with Gasteiger partial charge in [0.2, 0.25) is 12.7 Å². The van der Waals surface area contributed by atoms with Gasteiger partial charge in [-0.25, -0.2) is 4.79 Å². The third-order valence-corrected chi connectivity index (χ3v) is 7.32. The fourth-order valence-corrected chi connectivity index (χ4v) is 5.16. The molecule has 3 amide bonds. The molecular weight excluding hydrogens is 490 g/mol. The second-order valence-corrected chi connectivity index (χ2v) is 10.4. The Morgan fingerprint density at radius 2 is 1.86 bits per heavy atom. The quantitative estimate of drug-likeness (QED) is 0.427. The molecular formula is C28H31N3O5S. The number of fused-ring (bicyclic) bond motifs is 1. The van der Waals surface area contributed by atoms with Gasteiger partial charge >= 0.3 is 6.03 Å². The van der Waals surface area contributed by atoms with Crippen molar-refractivity contribution < 1.29 is 23.8 Å². The number of carbonyl (C=O) groups is 2. The number of rotatable bonds is 9. The lowest BCUT2D eigenvalue weighted by atomic mass is 10.1. The Labute approximate surface area is 220 Å². The molecule has 0 unspecified atom stereocenters. The van der Waals surface area contributed by atoms with Crippen molar-refractivity contribution in [3.05, 3.63) is 76.0 Å². The summed E-state index contributed by atoms with van der Waals surface area (Å²) in [6, 6.07) is 17.0. The fraction of sp³-hybridized carbons (Fsp3) is 0.357. The predicted molar refractivity (Wildman–Crippen MR) is 142 cm³/mol. The lowest BCUT2D eigenvalue weighted by molar-refractivity contribution is -0.133. The fourth-order valence-electron chi connectivity index (χ4n) is 4.44. The summed E-state index contributed by atoms with van der Waals surface area (Å²) in [6.07, 6.45) is 1.76. The molecule has 0 saturated carbocycles. The van der Waals surface area contributed by atoms with Crippen LogP contribution < -0.4 is 14.8 Å². The average Bonchev–Trinajstić information content (AvgIpc) is 3.68. The van der Waals surface area contributed by atoms with Crippen LogP contribution in [0, 0.1) is 6.92 Å². The largest absolute Gasteiger partial charge is 0.454 e. The van der Waals surface area contributed by atoms with Crippen molar-refractivity contribution in [3.8, 4) is 11.5 Å². The molecule has 0 radical (unpaired) electrons. The molecule has 2 aliphatic rings. The predicted octanol–water partition coefficient (Wildman–Crippen LogP) is 5.03. The van der Waals surface area contributed by atoms with Crippen molar-refractivity contribution in [2.45, 2.75) is 39.0 Å². The Bertz CT molecular complexity index is 1210. The van der Waals surface area contributed by atoms with E-state index < -0.39 is 0 Å². The molecule has 0 spiro atoms. The number of hydrogen-bond acceptors (Lipinski definition) is 6. The van der Waals surface area contributed by atoms with E-state index in [9.17, 15) is 9.59 Å². The zero-order chi connectivity index (χ0) is 25.6. The smallest absolute Gasteiger partial charge is 0.322 e. The monoisotopic (exact) mass is 521 g/mol. The number of amides is 3. The normalized spacial score (nSPS) is 16.0. The zero-order valence-electron chi connectivity index (χ0n) is 20.9. The lowest BCUT2D eigenvalue weighted by Crippen LogP contribution is -2.46. The zero-order valence-corrected chi connectivity index (χ0v) is 21.7. The molecule has 1 aromatic heterocycles. The van der Waals surface area contributed by atoms with E-state index in [-0.39, 0.29) is 31.4 Å². The number of benzene rings is 2. The van der Waals surface area contributed by atoms with Crippen LogP contribution in [0.5, 0.6) is 11.5 Å². The van der Waals surface area contributed by atoms with E-state index in [1.807, 2.05) is 66.9 Å². The summed E-state index contributed by atoms with van der Waals surface area (Å²) in [4.78, 5) is 31.4. The number of urea groups is 1. The van der Waals surface area contributed by atoms with Gasteiger partial charge in [-0.2, -0.15) is 0 Å². The van der Waals surface area contributed by atoms with E-state index in [2.05, 4.69) is 5.32 Å². The molecule has 1 saturated heterocycles. The molecule has 1 fully saturated rings. The number of carbonyl (C=O) groups excluding carboxylic acids is 2. The second-order valence-electron chi connectivity index (χ2n) is 9.33. The minimum Gasteiger partial charge on any atom is -0.454 e. The van der Waals surface area contributed by atoms with Gasteiger partial charge in [0.1, 0.15) is 6.54 Å². The maximum absolute atomic E-state index is 13.7. The molecule has 2 aromatic carbocycles. The molecule has 9 heteroatoms. The van der Waals surface area contributed by atoms with Crippen LogP contribution in [0.1, 0.15) is 28.8 Å². The summed E-state index contributed by atoms with van der Waals surface area (Å²) in [7, 11) is 0. The van der Waals surface area contributed by atoms with E-state index in [1.54, 1.807) is 21.1 Å². The highest BCUT2D eigenvalue weighted by molar-refractivity contribution is 7.09. The minimum absolute atomic E-state index is 0.0481. The molecule has 0 aliphatic carbocycles. The highest BCUT2D eigenvalue weighted by Crippen LogP contribution is 2.33. The summed E-state index contributed by atoms with van der Waals surface area (Å²) in [5, 5.41) is 4.94. The highest BCUT2D eigenvalue weighted by Gasteiger charge is 2.27. The Morgan fingerprint density at radius 1 is 1.03 bits per heavy atom. The van der Waals surface area contributed by atoms with Crippen LogP contribution in [0.2, 0.25) is 0 Å². The number of nitrogens with one attached hydrogen (secondary N) is 1. The van der Waals surface area contributed by atoms with Crippen LogP contribution in [0.25, 0.3) is 0 Å². The Morgan fingerprint density at radius 3 is 2.62 bits per heavy atom. The highest BCUT2D eigenvalue weighted by atomic mass is 32.1. The van der Waals surface area contributed by atoms with E-state index in [4.69, 9.17) is 14.2 Å². The van der Waals surface area contributed by atoms with Crippen LogP contribution in [0.15, 0.2) is 60.0 Å². The lowest BCUT2D eigenvalue weighted by Gasteiger charge is -2.29. The van der Waals surface area contributed by atoms with Crippen molar-refractivity contribution in [1.29, 1.82) is 0 Å². The molecule has 1 N–H and O–H groups in total. The minimum atomic E-state index is -0.313. The maximum Gasteiger partial charge on any atom is 0.322 e. The van der Waals surface area contributed by atoms with E-state index in [0.717, 1.165) is 28.8 Å². The molecule has 37 heavy (non-hydrogen) atoms. The number of nitrogens with zero attached hydrogens (tertiary/aromatic N) is 2. The summed E-state index contributed by atoms with van der Waals surface area (Å²) in [5.41, 5.74) is 2.73. The van der Waals surface area contributed by atoms with Gasteiger partial charge in [-0.05, 0) is 61.0 Å². The van der Waals surface area contributed by atoms with Crippen molar-refractivity contribution in [1.82, 2.24) is 9.80 Å². The van der Waals surface area contributed by atoms with Gasteiger partial charge in [-0.15, -0.1) is 11.3 Å².